The molecule has 0 unspecified atom stereocenters. The molecule has 0 aliphatic carbocycles. The van der Waals surface area contributed by atoms with Gasteiger partial charge in [-0.25, -0.2) is 9.67 Å². The number of thioether (sulfide) groups is 1. The van der Waals surface area contributed by atoms with Crippen molar-refractivity contribution >= 4 is 46.5 Å². The zero-order valence-electron chi connectivity index (χ0n) is 18.6. The fourth-order valence-electron chi connectivity index (χ4n) is 3.53. The third-order valence-corrected chi connectivity index (χ3v) is 6.29. The summed E-state index contributed by atoms with van der Waals surface area (Å²) in [6.07, 6.45) is 4.83. The average molecular weight is 496 g/mol. The number of amides is 3. The zero-order chi connectivity index (χ0) is 24.2. The highest BCUT2D eigenvalue weighted by molar-refractivity contribution is 8.18. The van der Waals surface area contributed by atoms with Gasteiger partial charge < -0.3 is 5.32 Å². The van der Waals surface area contributed by atoms with Gasteiger partial charge in [-0.15, -0.1) is 0 Å². The predicted molar refractivity (Wildman–Crippen MR) is 132 cm³/mol. The zero-order valence-corrected chi connectivity index (χ0v) is 20.1. The Hall–Kier alpha value is -3.43. The SMILES string of the molecule is CC(C)c1c(C(=O)NCCN2C(=O)S/C(=C\c3ccc(Cl)cc3)C2=O)cnn1-c1ccccn1. The molecule has 0 atom stereocenters. The van der Waals surface area contributed by atoms with E-state index in [0.717, 1.165) is 27.9 Å². The molecule has 1 aromatic carbocycles. The number of benzene rings is 1. The van der Waals surface area contributed by atoms with Crippen LogP contribution < -0.4 is 5.32 Å². The largest absolute Gasteiger partial charge is 0.350 e. The van der Waals surface area contributed by atoms with E-state index in [9.17, 15) is 14.4 Å². The van der Waals surface area contributed by atoms with Gasteiger partial charge in [0.25, 0.3) is 17.1 Å². The Labute approximate surface area is 206 Å². The highest BCUT2D eigenvalue weighted by atomic mass is 35.5. The van der Waals surface area contributed by atoms with Gasteiger partial charge in [-0.2, -0.15) is 5.10 Å². The van der Waals surface area contributed by atoms with Gasteiger partial charge in [-0.05, 0) is 53.6 Å². The summed E-state index contributed by atoms with van der Waals surface area (Å²) in [5.41, 5.74) is 1.93. The summed E-state index contributed by atoms with van der Waals surface area (Å²) in [6.45, 7) is 4.14. The molecule has 4 rings (SSSR count). The first-order valence-electron chi connectivity index (χ1n) is 10.6. The van der Waals surface area contributed by atoms with E-state index in [2.05, 4.69) is 15.4 Å². The number of imide groups is 1. The van der Waals surface area contributed by atoms with Gasteiger partial charge in [0.05, 0.1) is 22.4 Å². The predicted octanol–water partition coefficient (Wildman–Crippen LogP) is 4.51. The van der Waals surface area contributed by atoms with E-state index in [-0.39, 0.29) is 36.1 Å². The van der Waals surface area contributed by atoms with Crippen molar-refractivity contribution in [3.8, 4) is 5.82 Å². The molecule has 1 fully saturated rings. The maximum absolute atomic E-state index is 12.9. The van der Waals surface area contributed by atoms with E-state index in [1.165, 1.54) is 6.20 Å². The molecular weight excluding hydrogens is 474 g/mol. The lowest BCUT2D eigenvalue weighted by molar-refractivity contribution is -0.122. The van der Waals surface area contributed by atoms with Crippen molar-refractivity contribution in [1.82, 2.24) is 25.0 Å². The topological polar surface area (TPSA) is 97.2 Å². The number of carbonyl (C=O) groups excluding carboxylic acids is 3. The van der Waals surface area contributed by atoms with Crippen LogP contribution in [0.2, 0.25) is 5.02 Å². The van der Waals surface area contributed by atoms with E-state index >= 15 is 0 Å². The molecule has 2 aromatic heterocycles. The first kappa shape index (κ1) is 23.7. The van der Waals surface area contributed by atoms with E-state index in [1.54, 1.807) is 41.2 Å². The van der Waals surface area contributed by atoms with Crippen LogP contribution in [0.5, 0.6) is 0 Å². The summed E-state index contributed by atoms with van der Waals surface area (Å²) in [5.74, 6) is -0.0703. The first-order chi connectivity index (χ1) is 16.3. The summed E-state index contributed by atoms with van der Waals surface area (Å²) in [5, 5.41) is 7.36. The lowest BCUT2D eigenvalue weighted by Crippen LogP contribution is -2.37. The maximum atomic E-state index is 12.9. The minimum atomic E-state index is -0.384. The highest BCUT2D eigenvalue weighted by Gasteiger charge is 2.34. The molecule has 34 heavy (non-hydrogen) atoms. The fraction of sp³-hybridized carbons (Fsp3) is 0.208. The first-order valence-corrected chi connectivity index (χ1v) is 11.8. The second-order valence-corrected chi connectivity index (χ2v) is 9.27. The molecule has 3 heterocycles. The Morgan fingerprint density at radius 1 is 1.18 bits per heavy atom. The van der Waals surface area contributed by atoms with Crippen molar-refractivity contribution in [3.05, 3.63) is 81.6 Å². The lowest BCUT2D eigenvalue weighted by Gasteiger charge is -2.14. The summed E-state index contributed by atoms with van der Waals surface area (Å²) in [6, 6.07) is 12.5. The van der Waals surface area contributed by atoms with Crippen LogP contribution in [0.15, 0.2) is 59.8 Å². The fourth-order valence-corrected chi connectivity index (χ4v) is 4.52. The Morgan fingerprint density at radius 3 is 2.62 bits per heavy atom. The summed E-state index contributed by atoms with van der Waals surface area (Å²) >= 11 is 6.77. The standard InChI is InChI=1S/C24H22ClN5O3S/c1-15(2)21-18(14-28-30(21)20-5-3-4-10-26-20)22(31)27-11-12-29-23(32)19(34-24(29)33)13-16-6-8-17(25)9-7-16/h3-10,13-15H,11-12H2,1-2H3,(H,27,31)/b19-13-. The van der Waals surface area contributed by atoms with Crippen LogP contribution in [0.25, 0.3) is 11.9 Å². The number of nitrogens with zero attached hydrogens (tertiary/aromatic N) is 4. The van der Waals surface area contributed by atoms with E-state index in [4.69, 9.17) is 11.6 Å². The number of halogens is 1. The van der Waals surface area contributed by atoms with E-state index < -0.39 is 0 Å². The van der Waals surface area contributed by atoms with Crippen molar-refractivity contribution in [1.29, 1.82) is 0 Å². The molecule has 0 saturated carbocycles. The molecule has 10 heteroatoms. The molecule has 3 aromatic rings. The van der Waals surface area contributed by atoms with Crippen molar-refractivity contribution in [2.45, 2.75) is 19.8 Å². The monoisotopic (exact) mass is 495 g/mol. The van der Waals surface area contributed by atoms with Gasteiger partial charge in [0.15, 0.2) is 5.82 Å². The average Bonchev–Trinajstić information content (AvgIpc) is 3.38. The number of hydrogen-bond donors (Lipinski definition) is 1. The normalized spacial score (nSPS) is 14.9. The maximum Gasteiger partial charge on any atom is 0.293 e. The van der Waals surface area contributed by atoms with Gasteiger partial charge in [0.1, 0.15) is 0 Å². The molecule has 1 N–H and O–H groups in total. The molecule has 1 saturated heterocycles. The molecule has 174 valence electrons. The Balaban J connectivity index is 1.41. The molecule has 1 aliphatic rings. The lowest BCUT2D eigenvalue weighted by atomic mass is 10.1. The Kier molecular flexibility index (Phi) is 7.14. The van der Waals surface area contributed by atoms with Crippen LogP contribution in [0.3, 0.4) is 0 Å². The summed E-state index contributed by atoms with van der Waals surface area (Å²) in [7, 11) is 0. The van der Waals surface area contributed by atoms with E-state index in [1.807, 2.05) is 32.0 Å². The van der Waals surface area contributed by atoms with Crippen LogP contribution in [0.4, 0.5) is 4.79 Å². The summed E-state index contributed by atoms with van der Waals surface area (Å²) < 4.78 is 1.65. The van der Waals surface area contributed by atoms with Gasteiger partial charge in [0, 0.05) is 24.3 Å². The molecular formula is C24H22ClN5O3S. The van der Waals surface area contributed by atoms with Gasteiger partial charge in [0.2, 0.25) is 0 Å². The number of aromatic nitrogens is 3. The second kappa shape index (κ2) is 10.2. The minimum Gasteiger partial charge on any atom is -0.350 e. The Bertz CT molecular complexity index is 1260. The third kappa shape index (κ3) is 5.05. The number of pyridine rings is 1. The van der Waals surface area contributed by atoms with Crippen LogP contribution in [0, 0.1) is 0 Å². The molecule has 3 amide bonds. The van der Waals surface area contributed by atoms with Crippen molar-refractivity contribution in [2.24, 2.45) is 0 Å². The van der Waals surface area contributed by atoms with Crippen molar-refractivity contribution in [2.75, 3.05) is 13.1 Å². The molecule has 1 aliphatic heterocycles. The van der Waals surface area contributed by atoms with Gasteiger partial charge >= 0.3 is 0 Å². The second-order valence-electron chi connectivity index (χ2n) is 7.84. The Morgan fingerprint density at radius 2 is 1.94 bits per heavy atom. The number of hydrogen-bond acceptors (Lipinski definition) is 6. The van der Waals surface area contributed by atoms with E-state index in [0.29, 0.717) is 21.3 Å². The van der Waals surface area contributed by atoms with Crippen molar-refractivity contribution in [3.63, 3.8) is 0 Å². The highest BCUT2D eigenvalue weighted by Crippen LogP contribution is 2.32. The third-order valence-electron chi connectivity index (χ3n) is 5.13. The van der Waals surface area contributed by atoms with Crippen LogP contribution in [-0.2, 0) is 4.79 Å². The quantitative estimate of drug-likeness (QED) is 0.484. The number of nitrogens with one attached hydrogen (secondary N) is 1. The smallest absolute Gasteiger partial charge is 0.293 e. The minimum absolute atomic E-state index is 0.0176. The molecule has 0 spiro atoms. The van der Waals surface area contributed by atoms with Gasteiger partial charge in [-0.1, -0.05) is 43.6 Å². The van der Waals surface area contributed by atoms with Gasteiger partial charge in [-0.3, -0.25) is 19.3 Å². The molecule has 0 radical (unpaired) electrons. The molecule has 8 nitrogen and oxygen atoms in total. The number of carbonyl (C=O) groups is 3. The summed E-state index contributed by atoms with van der Waals surface area (Å²) in [4.78, 5) is 43.7. The van der Waals surface area contributed by atoms with Crippen molar-refractivity contribution < 1.29 is 14.4 Å². The van der Waals surface area contributed by atoms with Crippen LogP contribution in [-0.4, -0.2) is 49.8 Å². The van der Waals surface area contributed by atoms with Crippen LogP contribution >= 0.6 is 23.4 Å². The number of rotatable bonds is 7. The molecule has 0 bridgehead atoms. The van der Waals surface area contributed by atoms with Crippen LogP contribution in [0.1, 0.15) is 41.4 Å².